The molecule has 4 rings (SSSR count). The van der Waals surface area contributed by atoms with Gasteiger partial charge in [-0.1, -0.05) is 30.0 Å². The van der Waals surface area contributed by atoms with Gasteiger partial charge in [0.15, 0.2) is 18.1 Å². The van der Waals surface area contributed by atoms with Gasteiger partial charge in [0.05, 0.1) is 23.9 Å². The highest BCUT2D eigenvalue weighted by Crippen LogP contribution is 2.38. The van der Waals surface area contributed by atoms with Gasteiger partial charge in [-0.2, -0.15) is 0 Å². The molecule has 0 amide bonds. The second-order valence-electron chi connectivity index (χ2n) is 6.41. The highest BCUT2D eigenvalue weighted by molar-refractivity contribution is 7.98. The summed E-state index contributed by atoms with van der Waals surface area (Å²) >= 11 is 1.31. The molecule has 0 bridgehead atoms. The molecular formula is C20H19N4O5S+. The number of aromatic nitrogens is 3. The van der Waals surface area contributed by atoms with Crippen LogP contribution in [0, 0.1) is 0 Å². The minimum atomic E-state index is -1.11. The molecular weight excluding hydrogens is 408 g/mol. The molecule has 0 fully saturated rings. The van der Waals surface area contributed by atoms with Crippen molar-refractivity contribution in [1.82, 2.24) is 10.1 Å². The van der Waals surface area contributed by atoms with Crippen LogP contribution in [0.15, 0.2) is 52.4 Å². The Kier molecular flexibility index (Phi) is 5.32. The van der Waals surface area contributed by atoms with E-state index in [1.54, 1.807) is 22.9 Å². The van der Waals surface area contributed by atoms with Crippen molar-refractivity contribution in [2.45, 2.75) is 11.3 Å². The van der Waals surface area contributed by atoms with Crippen molar-refractivity contribution in [2.75, 3.05) is 25.3 Å². The molecule has 3 aromatic rings. The number of anilines is 1. The normalized spacial score (nSPS) is 14.3. The number of aliphatic carboxylic acids is 1. The Morgan fingerprint density at radius 3 is 2.80 bits per heavy atom. The number of hydrogen-bond donors (Lipinski definition) is 3. The van der Waals surface area contributed by atoms with E-state index in [1.165, 1.54) is 18.9 Å². The average Bonchev–Trinajstić information content (AvgIpc) is 2.76. The second-order valence-corrected chi connectivity index (χ2v) is 7.21. The number of nitrogens with one attached hydrogen (secondary N) is 2. The van der Waals surface area contributed by atoms with E-state index < -0.39 is 18.7 Å². The van der Waals surface area contributed by atoms with E-state index in [0.717, 1.165) is 5.69 Å². The van der Waals surface area contributed by atoms with Gasteiger partial charge >= 0.3 is 17.2 Å². The maximum absolute atomic E-state index is 12.9. The molecule has 154 valence electrons. The molecule has 3 N–H and O–H groups in total. The summed E-state index contributed by atoms with van der Waals surface area (Å²) in [5.41, 5.74) is 2.16. The van der Waals surface area contributed by atoms with Gasteiger partial charge in [-0.15, -0.1) is 0 Å². The zero-order valence-corrected chi connectivity index (χ0v) is 17.0. The highest BCUT2D eigenvalue weighted by Gasteiger charge is 2.39. The molecule has 10 heteroatoms. The highest BCUT2D eigenvalue weighted by atomic mass is 32.2. The second kappa shape index (κ2) is 8.07. The summed E-state index contributed by atoms with van der Waals surface area (Å²) in [5.74, 6) is -0.460. The number of benzene rings is 2. The van der Waals surface area contributed by atoms with Crippen LogP contribution < -0.4 is 25.0 Å². The molecule has 2 aromatic carbocycles. The molecule has 0 saturated heterocycles. The Balaban J connectivity index is 1.95. The fraction of sp³-hybridized carbons (Fsp3) is 0.200. The lowest BCUT2D eigenvalue weighted by atomic mass is 10.0. The predicted molar refractivity (Wildman–Crippen MR) is 110 cm³/mol. The number of fused-ring (bicyclic) bond motifs is 3. The van der Waals surface area contributed by atoms with E-state index in [9.17, 15) is 9.59 Å². The van der Waals surface area contributed by atoms with Crippen LogP contribution in [0.5, 0.6) is 11.5 Å². The van der Waals surface area contributed by atoms with Gasteiger partial charge < -0.3 is 19.9 Å². The van der Waals surface area contributed by atoms with Crippen molar-refractivity contribution < 1.29 is 24.1 Å². The number of carboxylic acid groups (broad SMARTS) is 1. The van der Waals surface area contributed by atoms with Crippen molar-refractivity contribution in [1.29, 1.82) is 0 Å². The first-order valence-electron chi connectivity index (χ1n) is 9.01. The van der Waals surface area contributed by atoms with E-state index in [1.807, 2.05) is 30.5 Å². The molecule has 0 aliphatic carbocycles. The zero-order chi connectivity index (χ0) is 21.3. The number of thioether (sulfide) groups is 1. The number of carboxylic acids is 1. The lowest BCUT2D eigenvalue weighted by Gasteiger charge is -2.24. The first-order chi connectivity index (χ1) is 14.5. The van der Waals surface area contributed by atoms with Crippen LogP contribution in [-0.4, -0.2) is 41.1 Å². The first-order valence-corrected chi connectivity index (χ1v) is 10.2. The van der Waals surface area contributed by atoms with Gasteiger partial charge in [-0.25, -0.2) is 4.79 Å². The molecule has 1 aromatic heterocycles. The van der Waals surface area contributed by atoms with Crippen LogP contribution in [0.2, 0.25) is 0 Å². The number of para-hydroxylation sites is 2. The SMILES string of the molecule is COc1cccc([C@@H]2Nc3ccccc3-c3c(=O)[nH]c(SC)n[n+]32)c1OCC(=O)O. The smallest absolute Gasteiger partial charge is 0.341 e. The van der Waals surface area contributed by atoms with Crippen LogP contribution in [0.4, 0.5) is 5.69 Å². The van der Waals surface area contributed by atoms with E-state index in [-0.39, 0.29) is 11.3 Å². The maximum Gasteiger partial charge on any atom is 0.341 e. The maximum atomic E-state index is 12.9. The number of nitrogens with zero attached hydrogens (tertiary/aromatic N) is 2. The summed E-state index contributed by atoms with van der Waals surface area (Å²) in [6.45, 7) is -0.535. The summed E-state index contributed by atoms with van der Waals surface area (Å²) in [6.07, 6.45) is 1.19. The minimum absolute atomic E-state index is 0.269. The van der Waals surface area contributed by atoms with Gasteiger partial charge in [0, 0.05) is 5.10 Å². The summed E-state index contributed by atoms with van der Waals surface area (Å²) in [4.78, 5) is 26.8. The van der Waals surface area contributed by atoms with Crippen molar-refractivity contribution in [3.8, 4) is 22.8 Å². The number of rotatable bonds is 6. The van der Waals surface area contributed by atoms with Crippen molar-refractivity contribution in [3.05, 3.63) is 58.4 Å². The molecule has 9 nitrogen and oxygen atoms in total. The van der Waals surface area contributed by atoms with E-state index in [0.29, 0.717) is 27.7 Å². The van der Waals surface area contributed by atoms with Gasteiger partial charge in [0.1, 0.15) is 0 Å². The molecule has 0 unspecified atom stereocenters. The van der Waals surface area contributed by atoms with Gasteiger partial charge in [-0.05, 0) is 35.2 Å². The third kappa shape index (κ3) is 3.45. The van der Waals surface area contributed by atoms with Crippen LogP contribution in [0.25, 0.3) is 11.3 Å². The Morgan fingerprint density at radius 1 is 1.27 bits per heavy atom. The third-order valence-electron chi connectivity index (χ3n) is 4.64. The number of carbonyl (C=O) groups is 1. The number of H-pyrrole nitrogens is 1. The average molecular weight is 427 g/mol. The number of hydrogen-bond acceptors (Lipinski definition) is 7. The molecule has 30 heavy (non-hydrogen) atoms. The Hall–Kier alpha value is -3.53. The number of methoxy groups -OCH3 is 1. The topological polar surface area (TPSA) is 117 Å². The number of ether oxygens (including phenoxy) is 2. The Bertz CT molecular complexity index is 1180. The fourth-order valence-electron chi connectivity index (χ4n) is 3.39. The van der Waals surface area contributed by atoms with Gasteiger partial charge in [0.25, 0.3) is 6.17 Å². The van der Waals surface area contributed by atoms with Crippen LogP contribution >= 0.6 is 11.8 Å². The van der Waals surface area contributed by atoms with Gasteiger partial charge in [0.2, 0.25) is 5.16 Å². The van der Waals surface area contributed by atoms with Gasteiger partial charge in [-0.3, -0.25) is 9.78 Å². The first kappa shape index (κ1) is 19.8. The third-order valence-corrected chi connectivity index (χ3v) is 5.21. The van der Waals surface area contributed by atoms with Crippen molar-refractivity contribution in [3.63, 3.8) is 0 Å². The predicted octanol–water partition coefficient (Wildman–Crippen LogP) is 1.89. The van der Waals surface area contributed by atoms with Crippen molar-refractivity contribution in [2.24, 2.45) is 0 Å². The summed E-state index contributed by atoms with van der Waals surface area (Å²) in [5, 5.41) is 17.5. The van der Waals surface area contributed by atoms with E-state index in [2.05, 4.69) is 15.4 Å². The molecule has 0 spiro atoms. The monoisotopic (exact) mass is 427 g/mol. The van der Waals surface area contributed by atoms with Crippen LogP contribution in [0.3, 0.4) is 0 Å². The van der Waals surface area contributed by atoms with E-state index in [4.69, 9.17) is 14.6 Å². The zero-order valence-electron chi connectivity index (χ0n) is 16.2. The van der Waals surface area contributed by atoms with E-state index >= 15 is 0 Å². The largest absolute Gasteiger partial charge is 0.493 e. The molecule has 0 radical (unpaired) electrons. The molecule has 1 atom stereocenters. The molecule has 0 saturated carbocycles. The number of aromatic amines is 1. The quantitative estimate of drug-likeness (QED) is 0.403. The van der Waals surface area contributed by atoms with Crippen molar-refractivity contribution >= 4 is 23.4 Å². The summed E-state index contributed by atoms with van der Waals surface area (Å²) in [7, 11) is 1.48. The van der Waals surface area contributed by atoms with Crippen LogP contribution in [-0.2, 0) is 4.79 Å². The Labute approximate surface area is 175 Å². The van der Waals surface area contributed by atoms with Crippen LogP contribution in [0.1, 0.15) is 11.7 Å². The summed E-state index contributed by atoms with van der Waals surface area (Å²) in [6, 6.07) is 12.7. The fourth-order valence-corrected chi connectivity index (χ4v) is 3.75. The molecule has 1 aliphatic heterocycles. The molecule has 1 aliphatic rings. The molecule has 2 heterocycles. The lowest BCUT2D eigenvalue weighted by Crippen LogP contribution is -2.55. The lowest BCUT2D eigenvalue weighted by molar-refractivity contribution is -0.759. The Morgan fingerprint density at radius 2 is 2.07 bits per heavy atom. The summed E-state index contributed by atoms with van der Waals surface area (Å²) < 4.78 is 12.5. The standard InChI is InChI=1S/C20H18N4O5S/c1-28-14-9-5-7-12(17(14)29-10-15(25)26)18-21-13-8-4-3-6-11(13)16-19(27)22-20(30-2)23-24(16)18/h3-9,18H,10H2,1-2H3,(H2,22,23,25,26,27)/p+1/t18-/m1/s1. The minimum Gasteiger partial charge on any atom is -0.493 e.